The van der Waals surface area contributed by atoms with Crippen LogP contribution in [-0.2, 0) is 16.0 Å². The molecule has 1 atom stereocenters. The second-order valence-corrected chi connectivity index (χ2v) is 11.3. The molecule has 6 heteroatoms. The van der Waals surface area contributed by atoms with Crippen LogP contribution in [0.15, 0.2) is 66.7 Å². The Bertz CT molecular complexity index is 1270. The highest BCUT2D eigenvalue weighted by Crippen LogP contribution is 2.31. The summed E-state index contributed by atoms with van der Waals surface area (Å²) in [5, 5.41) is 3.01. The van der Waals surface area contributed by atoms with Crippen LogP contribution in [0.2, 0.25) is 0 Å². The first-order valence-corrected chi connectivity index (χ1v) is 14.7. The van der Waals surface area contributed by atoms with Crippen molar-refractivity contribution >= 4 is 17.6 Å². The van der Waals surface area contributed by atoms with Crippen molar-refractivity contribution in [2.24, 2.45) is 11.8 Å². The van der Waals surface area contributed by atoms with Crippen LogP contribution in [0.4, 0.5) is 5.69 Å². The highest BCUT2D eigenvalue weighted by Gasteiger charge is 2.18. The predicted molar refractivity (Wildman–Crippen MR) is 165 cm³/mol. The van der Waals surface area contributed by atoms with Gasteiger partial charge in [0.25, 0.3) is 5.91 Å². The topological polar surface area (TPSA) is 73.9 Å². The van der Waals surface area contributed by atoms with E-state index < -0.39 is 0 Å². The standard InChI is InChI=1S/C35H45NO5/c1-7-39-34(37)13-10-20-40-32-12-9-8-11-30(32)35(38)36-31-19-18-29(23-26(31)6)41-33(22-25(4)5)28-16-14-27(15-17-28)21-24(2)3/h8-9,11-12,14-19,23-25,33H,7,10,13,20-22H2,1-6H3,(H,36,38). The molecule has 0 fully saturated rings. The number of nitrogens with one attached hydrogen (secondary N) is 1. The van der Waals surface area contributed by atoms with Crippen LogP contribution >= 0.6 is 0 Å². The lowest BCUT2D eigenvalue weighted by Crippen LogP contribution is -2.15. The zero-order valence-electron chi connectivity index (χ0n) is 25.4. The molecular weight excluding hydrogens is 514 g/mol. The number of amides is 1. The maximum absolute atomic E-state index is 13.2. The molecule has 0 aromatic heterocycles. The molecule has 1 unspecified atom stereocenters. The Labute approximate surface area is 245 Å². The molecule has 1 amide bonds. The molecule has 0 saturated carbocycles. The summed E-state index contributed by atoms with van der Waals surface area (Å²) in [7, 11) is 0. The van der Waals surface area contributed by atoms with E-state index in [9.17, 15) is 9.59 Å². The fraction of sp³-hybridized carbons (Fsp3) is 0.429. The Morgan fingerprint density at radius 1 is 0.902 bits per heavy atom. The number of anilines is 1. The van der Waals surface area contributed by atoms with Gasteiger partial charge in [0, 0.05) is 12.1 Å². The fourth-order valence-corrected chi connectivity index (χ4v) is 4.64. The Morgan fingerprint density at radius 2 is 1.63 bits per heavy atom. The van der Waals surface area contributed by atoms with Crippen molar-refractivity contribution in [2.75, 3.05) is 18.5 Å². The predicted octanol–water partition coefficient (Wildman–Crippen LogP) is 8.33. The van der Waals surface area contributed by atoms with Crippen LogP contribution in [0.5, 0.6) is 11.5 Å². The normalized spacial score (nSPS) is 11.8. The van der Waals surface area contributed by atoms with E-state index in [-0.39, 0.29) is 24.4 Å². The number of aryl methyl sites for hydroxylation is 1. The van der Waals surface area contributed by atoms with Gasteiger partial charge in [0.1, 0.15) is 17.6 Å². The Balaban J connectivity index is 1.66. The van der Waals surface area contributed by atoms with Crippen molar-refractivity contribution in [3.63, 3.8) is 0 Å². The number of para-hydroxylation sites is 1. The van der Waals surface area contributed by atoms with E-state index in [2.05, 4.69) is 57.3 Å². The number of carbonyl (C=O) groups is 2. The van der Waals surface area contributed by atoms with Crippen molar-refractivity contribution in [1.29, 1.82) is 0 Å². The minimum atomic E-state index is -0.262. The van der Waals surface area contributed by atoms with Gasteiger partial charge in [-0.2, -0.15) is 0 Å². The SMILES string of the molecule is CCOC(=O)CCCOc1ccccc1C(=O)Nc1ccc(OC(CC(C)C)c2ccc(CC(C)C)cc2)cc1C. The molecule has 3 aromatic carbocycles. The molecule has 0 heterocycles. The van der Waals surface area contributed by atoms with Crippen LogP contribution in [0, 0.1) is 18.8 Å². The van der Waals surface area contributed by atoms with Gasteiger partial charge >= 0.3 is 5.97 Å². The molecule has 0 aliphatic heterocycles. The zero-order valence-corrected chi connectivity index (χ0v) is 25.4. The molecule has 3 rings (SSSR count). The summed E-state index contributed by atoms with van der Waals surface area (Å²) >= 11 is 0. The van der Waals surface area contributed by atoms with E-state index in [4.69, 9.17) is 14.2 Å². The van der Waals surface area contributed by atoms with Gasteiger partial charge in [0.2, 0.25) is 0 Å². The number of hydrogen-bond acceptors (Lipinski definition) is 5. The van der Waals surface area contributed by atoms with Gasteiger partial charge in [-0.05, 0) is 92.0 Å². The summed E-state index contributed by atoms with van der Waals surface area (Å²) in [6.07, 6.45) is 2.69. The van der Waals surface area contributed by atoms with Gasteiger partial charge in [-0.1, -0.05) is 64.1 Å². The van der Waals surface area contributed by atoms with E-state index in [0.29, 0.717) is 48.5 Å². The van der Waals surface area contributed by atoms with Crippen molar-refractivity contribution < 1.29 is 23.8 Å². The first-order valence-electron chi connectivity index (χ1n) is 14.7. The van der Waals surface area contributed by atoms with E-state index >= 15 is 0 Å². The average Bonchev–Trinajstić information content (AvgIpc) is 2.92. The van der Waals surface area contributed by atoms with Crippen LogP contribution < -0.4 is 14.8 Å². The third-order valence-electron chi connectivity index (χ3n) is 6.63. The third-order valence-corrected chi connectivity index (χ3v) is 6.63. The summed E-state index contributed by atoms with van der Waals surface area (Å²) in [5.74, 6) is 1.82. The van der Waals surface area contributed by atoms with Gasteiger partial charge in [0.05, 0.1) is 18.8 Å². The van der Waals surface area contributed by atoms with E-state index in [1.54, 1.807) is 25.1 Å². The maximum atomic E-state index is 13.2. The molecule has 0 spiro atoms. The van der Waals surface area contributed by atoms with Crippen LogP contribution in [0.3, 0.4) is 0 Å². The molecule has 41 heavy (non-hydrogen) atoms. The second-order valence-electron chi connectivity index (χ2n) is 11.3. The first-order chi connectivity index (χ1) is 19.7. The molecule has 0 saturated heterocycles. The highest BCUT2D eigenvalue weighted by molar-refractivity contribution is 6.06. The molecule has 1 N–H and O–H groups in total. The molecule has 3 aromatic rings. The van der Waals surface area contributed by atoms with Crippen LogP contribution in [-0.4, -0.2) is 25.1 Å². The number of carbonyl (C=O) groups excluding carboxylic acids is 2. The zero-order chi connectivity index (χ0) is 29.8. The number of esters is 1. The highest BCUT2D eigenvalue weighted by atomic mass is 16.5. The van der Waals surface area contributed by atoms with Crippen LogP contribution in [0.25, 0.3) is 0 Å². The van der Waals surface area contributed by atoms with Gasteiger partial charge in [-0.3, -0.25) is 9.59 Å². The number of ether oxygens (including phenoxy) is 3. The van der Waals surface area contributed by atoms with Gasteiger partial charge in [-0.25, -0.2) is 0 Å². The maximum Gasteiger partial charge on any atom is 0.305 e. The fourth-order valence-electron chi connectivity index (χ4n) is 4.64. The lowest BCUT2D eigenvalue weighted by molar-refractivity contribution is -0.143. The van der Waals surface area contributed by atoms with Crippen molar-refractivity contribution in [3.05, 3.63) is 89.0 Å². The monoisotopic (exact) mass is 559 g/mol. The molecule has 0 aliphatic carbocycles. The Morgan fingerprint density at radius 3 is 2.29 bits per heavy atom. The van der Waals surface area contributed by atoms with E-state index in [1.165, 1.54) is 11.1 Å². The lowest BCUT2D eigenvalue weighted by Gasteiger charge is -2.22. The third kappa shape index (κ3) is 10.3. The first kappa shape index (κ1) is 31.7. The van der Waals surface area contributed by atoms with Crippen molar-refractivity contribution in [3.8, 4) is 11.5 Å². The number of hydrogen-bond donors (Lipinski definition) is 1. The smallest absolute Gasteiger partial charge is 0.305 e. The molecule has 6 nitrogen and oxygen atoms in total. The summed E-state index contributed by atoms with van der Waals surface area (Å²) in [4.78, 5) is 24.7. The molecule has 0 aliphatic rings. The minimum Gasteiger partial charge on any atom is -0.493 e. The average molecular weight is 560 g/mol. The summed E-state index contributed by atoms with van der Waals surface area (Å²) < 4.78 is 17.3. The summed E-state index contributed by atoms with van der Waals surface area (Å²) in [5.41, 5.74) is 4.55. The lowest BCUT2D eigenvalue weighted by atomic mass is 9.96. The van der Waals surface area contributed by atoms with Gasteiger partial charge in [0.15, 0.2) is 0 Å². The number of rotatable bonds is 15. The van der Waals surface area contributed by atoms with Gasteiger partial charge < -0.3 is 19.5 Å². The van der Waals surface area contributed by atoms with Crippen LogP contribution in [0.1, 0.15) is 87.0 Å². The number of benzene rings is 3. The summed E-state index contributed by atoms with van der Waals surface area (Å²) in [6, 6.07) is 21.6. The minimum absolute atomic E-state index is 0.0594. The molecule has 0 bridgehead atoms. The quantitative estimate of drug-likeness (QED) is 0.150. The molecule has 0 radical (unpaired) electrons. The second kappa shape index (κ2) is 15.8. The van der Waals surface area contributed by atoms with Crippen molar-refractivity contribution in [2.45, 2.75) is 73.3 Å². The largest absolute Gasteiger partial charge is 0.493 e. The van der Waals surface area contributed by atoms with E-state index in [1.807, 2.05) is 31.2 Å². The summed E-state index contributed by atoms with van der Waals surface area (Å²) in [6.45, 7) is 13.3. The van der Waals surface area contributed by atoms with Crippen molar-refractivity contribution in [1.82, 2.24) is 0 Å². The molecule has 220 valence electrons. The Hall–Kier alpha value is -3.80. The Kier molecular flexibility index (Phi) is 12.3. The molecular formula is C35H45NO5. The van der Waals surface area contributed by atoms with E-state index in [0.717, 1.165) is 24.2 Å². The van der Waals surface area contributed by atoms with Gasteiger partial charge in [-0.15, -0.1) is 0 Å².